The molecule has 0 aliphatic rings. The van der Waals surface area contributed by atoms with Crippen LogP contribution in [0, 0.1) is 11.6 Å². The third kappa shape index (κ3) is 3.42. The van der Waals surface area contributed by atoms with Gasteiger partial charge in [0.15, 0.2) is 11.6 Å². The van der Waals surface area contributed by atoms with Crippen LogP contribution in [0.25, 0.3) is 0 Å². The zero-order valence-corrected chi connectivity index (χ0v) is 12.0. The van der Waals surface area contributed by atoms with Crippen LogP contribution in [-0.4, -0.2) is 33.0 Å². The molecule has 0 unspecified atom stereocenters. The van der Waals surface area contributed by atoms with Crippen molar-refractivity contribution in [2.45, 2.75) is 26.3 Å². The SMILES string of the molecule is CC(C)c1nc(C(=O)N(C)Cc2ccc(F)c(F)c2)n[nH]1. The monoisotopic (exact) mass is 294 g/mol. The van der Waals surface area contributed by atoms with Crippen LogP contribution in [0.2, 0.25) is 0 Å². The number of aromatic nitrogens is 3. The number of aromatic amines is 1. The van der Waals surface area contributed by atoms with Gasteiger partial charge in [0.25, 0.3) is 5.91 Å². The molecule has 0 spiro atoms. The van der Waals surface area contributed by atoms with Crippen molar-refractivity contribution in [1.29, 1.82) is 0 Å². The molecule has 0 aliphatic heterocycles. The molecule has 2 aromatic rings. The Morgan fingerprint density at radius 2 is 2.05 bits per heavy atom. The fraction of sp³-hybridized carbons (Fsp3) is 0.357. The van der Waals surface area contributed by atoms with Gasteiger partial charge in [-0.2, -0.15) is 0 Å². The highest BCUT2D eigenvalue weighted by molar-refractivity contribution is 5.90. The number of hydrogen-bond acceptors (Lipinski definition) is 3. The highest BCUT2D eigenvalue weighted by Crippen LogP contribution is 2.12. The van der Waals surface area contributed by atoms with Crippen molar-refractivity contribution in [3.05, 3.63) is 47.0 Å². The van der Waals surface area contributed by atoms with E-state index in [9.17, 15) is 13.6 Å². The number of rotatable bonds is 4. The Hall–Kier alpha value is -2.31. The number of benzene rings is 1. The first kappa shape index (κ1) is 15.1. The van der Waals surface area contributed by atoms with Crippen LogP contribution < -0.4 is 0 Å². The molecular weight excluding hydrogens is 278 g/mol. The van der Waals surface area contributed by atoms with Crippen LogP contribution in [-0.2, 0) is 6.54 Å². The summed E-state index contributed by atoms with van der Waals surface area (Å²) in [6.45, 7) is 4.00. The molecule has 7 heteroatoms. The van der Waals surface area contributed by atoms with E-state index in [-0.39, 0.29) is 24.2 Å². The van der Waals surface area contributed by atoms with E-state index in [0.29, 0.717) is 11.4 Å². The maximum absolute atomic E-state index is 13.1. The summed E-state index contributed by atoms with van der Waals surface area (Å²) < 4.78 is 26.0. The molecule has 0 atom stereocenters. The minimum atomic E-state index is -0.937. The van der Waals surface area contributed by atoms with Crippen LogP contribution in [0.3, 0.4) is 0 Å². The molecule has 0 bridgehead atoms. The maximum atomic E-state index is 13.1. The summed E-state index contributed by atoms with van der Waals surface area (Å²) in [4.78, 5) is 17.6. The predicted molar refractivity (Wildman–Crippen MR) is 72.6 cm³/mol. The molecule has 21 heavy (non-hydrogen) atoms. The Labute approximate surface area is 121 Å². The van der Waals surface area contributed by atoms with E-state index in [2.05, 4.69) is 15.2 Å². The fourth-order valence-corrected chi connectivity index (χ4v) is 1.78. The molecule has 0 radical (unpaired) electrons. The van der Waals surface area contributed by atoms with Gasteiger partial charge in [0, 0.05) is 19.5 Å². The molecule has 0 fully saturated rings. The second-order valence-corrected chi connectivity index (χ2v) is 5.11. The maximum Gasteiger partial charge on any atom is 0.293 e. The van der Waals surface area contributed by atoms with Crippen molar-refractivity contribution in [3.63, 3.8) is 0 Å². The Kier molecular flexibility index (Phi) is 4.30. The number of hydrogen-bond donors (Lipinski definition) is 1. The van der Waals surface area contributed by atoms with E-state index in [1.165, 1.54) is 11.0 Å². The molecular formula is C14H16F2N4O. The summed E-state index contributed by atoms with van der Waals surface area (Å²) >= 11 is 0. The molecule has 2 rings (SSSR count). The minimum Gasteiger partial charge on any atom is -0.335 e. The summed E-state index contributed by atoms with van der Waals surface area (Å²) in [6, 6.07) is 3.53. The number of nitrogens with one attached hydrogen (secondary N) is 1. The Morgan fingerprint density at radius 1 is 1.33 bits per heavy atom. The fourth-order valence-electron chi connectivity index (χ4n) is 1.78. The Morgan fingerprint density at radius 3 is 2.62 bits per heavy atom. The third-order valence-corrected chi connectivity index (χ3v) is 2.99. The molecule has 1 amide bonds. The van der Waals surface area contributed by atoms with Gasteiger partial charge >= 0.3 is 0 Å². The minimum absolute atomic E-state index is 0.0591. The summed E-state index contributed by atoms with van der Waals surface area (Å²) in [5.74, 6) is -1.42. The molecule has 0 saturated heterocycles. The van der Waals surface area contributed by atoms with Crippen molar-refractivity contribution in [3.8, 4) is 0 Å². The average molecular weight is 294 g/mol. The van der Waals surface area contributed by atoms with E-state index >= 15 is 0 Å². The molecule has 112 valence electrons. The Balaban J connectivity index is 2.09. The number of halogens is 2. The normalized spacial score (nSPS) is 11.0. The number of carbonyl (C=O) groups is 1. The van der Waals surface area contributed by atoms with Gasteiger partial charge in [-0.25, -0.2) is 13.8 Å². The molecule has 1 N–H and O–H groups in total. The second kappa shape index (κ2) is 5.99. The van der Waals surface area contributed by atoms with Gasteiger partial charge in [-0.1, -0.05) is 19.9 Å². The zero-order chi connectivity index (χ0) is 15.6. The number of carbonyl (C=O) groups excluding carboxylic acids is 1. The smallest absolute Gasteiger partial charge is 0.293 e. The summed E-state index contributed by atoms with van der Waals surface area (Å²) in [5, 5.41) is 6.57. The van der Waals surface area contributed by atoms with Crippen LogP contribution in [0.4, 0.5) is 8.78 Å². The molecule has 0 saturated carbocycles. The lowest BCUT2D eigenvalue weighted by Crippen LogP contribution is -2.27. The number of H-pyrrole nitrogens is 1. The van der Waals surface area contributed by atoms with E-state index in [4.69, 9.17) is 0 Å². The second-order valence-electron chi connectivity index (χ2n) is 5.11. The summed E-state index contributed by atoms with van der Waals surface area (Å²) in [7, 11) is 1.55. The molecule has 1 aromatic carbocycles. The van der Waals surface area contributed by atoms with Crippen LogP contribution in [0.15, 0.2) is 18.2 Å². The molecule has 1 heterocycles. The van der Waals surface area contributed by atoms with Crippen LogP contribution >= 0.6 is 0 Å². The predicted octanol–water partition coefficient (Wildman–Crippen LogP) is 2.48. The van der Waals surface area contributed by atoms with Gasteiger partial charge < -0.3 is 4.90 Å². The first-order valence-electron chi connectivity index (χ1n) is 6.50. The van der Waals surface area contributed by atoms with E-state index in [1.807, 2.05) is 13.8 Å². The lowest BCUT2D eigenvalue weighted by Gasteiger charge is -2.15. The quantitative estimate of drug-likeness (QED) is 0.942. The summed E-state index contributed by atoms with van der Waals surface area (Å²) in [6.07, 6.45) is 0. The highest BCUT2D eigenvalue weighted by Gasteiger charge is 2.18. The van der Waals surface area contributed by atoms with E-state index in [0.717, 1.165) is 12.1 Å². The molecule has 5 nitrogen and oxygen atoms in total. The zero-order valence-electron chi connectivity index (χ0n) is 12.0. The van der Waals surface area contributed by atoms with Crippen molar-refractivity contribution < 1.29 is 13.6 Å². The number of amides is 1. The van der Waals surface area contributed by atoms with Crippen molar-refractivity contribution >= 4 is 5.91 Å². The lowest BCUT2D eigenvalue weighted by molar-refractivity contribution is 0.0773. The topological polar surface area (TPSA) is 61.9 Å². The van der Waals surface area contributed by atoms with E-state index in [1.54, 1.807) is 7.05 Å². The van der Waals surface area contributed by atoms with Crippen LogP contribution in [0.5, 0.6) is 0 Å². The van der Waals surface area contributed by atoms with Gasteiger partial charge in [-0.05, 0) is 17.7 Å². The molecule has 1 aromatic heterocycles. The standard InChI is InChI=1S/C14H16F2N4O/c1-8(2)12-17-13(19-18-12)14(21)20(3)7-9-4-5-10(15)11(16)6-9/h4-6,8H,7H2,1-3H3,(H,17,18,19). The van der Waals surface area contributed by atoms with Crippen LogP contribution in [0.1, 0.15) is 41.8 Å². The summed E-state index contributed by atoms with van der Waals surface area (Å²) in [5.41, 5.74) is 0.490. The van der Waals surface area contributed by atoms with Crippen molar-refractivity contribution in [2.24, 2.45) is 0 Å². The highest BCUT2D eigenvalue weighted by atomic mass is 19.2. The average Bonchev–Trinajstić information content (AvgIpc) is 2.92. The first-order chi connectivity index (χ1) is 9.88. The largest absolute Gasteiger partial charge is 0.335 e. The van der Waals surface area contributed by atoms with Gasteiger partial charge in [0.1, 0.15) is 5.82 Å². The third-order valence-electron chi connectivity index (χ3n) is 2.99. The van der Waals surface area contributed by atoms with E-state index < -0.39 is 11.6 Å². The Bertz CT molecular complexity index is 654. The lowest BCUT2D eigenvalue weighted by atomic mass is 10.2. The first-order valence-corrected chi connectivity index (χ1v) is 6.50. The number of nitrogens with zero attached hydrogens (tertiary/aromatic N) is 3. The van der Waals surface area contributed by atoms with Gasteiger partial charge in [-0.15, -0.1) is 5.10 Å². The van der Waals surface area contributed by atoms with Gasteiger partial charge in [0.2, 0.25) is 5.82 Å². The van der Waals surface area contributed by atoms with Gasteiger partial charge in [-0.3, -0.25) is 9.89 Å². The molecule has 0 aliphatic carbocycles. The van der Waals surface area contributed by atoms with Crippen molar-refractivity contribution in [1.82, 2.24) is 20.1 Å². The van der Waals surface area contributed by atoms with Gasteiger partial charge in [0.05, 0.1) is 0 Å². The van der Waals surface area contributed by atoms with Crippen molar-refractivity contribution in [2.75, 3.05) is 7.05 Å².